The SMILES string of the molecule is CCN(CCCO)c1ccc(Cl)cc1CNC(C)C. The summed E-state index contributed by atoms with van der Waals surface area (Å²) in [4.78, 5) is 2.28. The predicted molar refractivity (Wildman–Crippen MR) is 83.0 cm³/mol. The zero-order valence-electron chi connectivity index (χ0n) is 12.1. The lowest BCUT2D eigenvalue weighted by Crippen LogP contribution is -2.28. The van der Waals surface area contributed by atoms with Crippen LogP contribution in [-0.4, -0.2) is 30.8 Å². The fraction of sp³-hybridized carbons (Fsp3) is 0.600. The quantitative estimate of drug-likeness (QED) is 0.770. The van der Waals surface area contributed by atoms with Crippen LogP contribution in [0.25, 0.3) is 0 Å². The second kappa shape index (κ2) is 8.41. The van der Waals surface area contributed by atoms with E-state index in [1.807, 2.05) is 12.1 Å². The van der Waals surface area contributed by atoms with Crippen molar-refractivity contribution in [1.29, 1.82) is 0 Å². The zero-order valence-corrected chi connectivity index (χ0v) is 12.9. The van der Waals surface area contributed by atoms with Gasteiger partial charge in [-0.1, -0.05) is 25.4 Å². The molecule has 0 heterocycles. The molecule has 19 heavy (non-hydrogen) atoms. The van der Waals surface area contributed by atoms with Crippen LogP contribution in [0.15, 0.2) is 18.2 Å². The molecule has 0 amide bonds. The molecule has 1 aromatic carbocycles. The molecule has 1 rings (SSSR count). The average molecular weight is 285 g/mol. The topological polar surface area (TPSA) is 35.5 Å². The minimum Gasteiger partial charge on any atom is -0.396 e. The molecule has 0 unspecified atom stereocenters. The van der Waals surface area contributed by atoms with E-state index in [2.05, 4.69) is 37.1 Å². The van der Waals surface area contributed by atoms with Gasteiger partial charge in [0.05, 0.1) is 0 Å². The number of halogens is 1. The largest absolute Gasteiger partial charge is 0.396 e. The molecular formula is C15H25ClN2O. The first-order chi connectivity index (χ1) is 9.08. The number of rotatable bonds is 8. The van der Waals surface area contributed by atoms with Gasteiger partial charge in [0.15, 0.2) is 0 Å². The highest BCUT2D eigenvalue weighted by Gasteiger charge is 2.10. The number of aliphatic hydroxyl groups is 1. The molecule has 0 aliphatic carbocycles. The maximum Gasteiger partial charge on any atom is 0.0447 e. The van der Waals surface area contributed by atoms with Crippen LogP contribution in [0.4, 0.5) is 5.69 Å². The van der Waals surface area contributed by atoms with Crippen LogP contribution < -0.4 is 10.2 Å². The van der Waals surface area contributed by atoms with Gasteiger partial charge in [0.1, 0.15) is 0 Å². The lowest BCUT2D eigenvalue weighted by atomic mass is 10.1. The number of nitrogens with one attached hydrogen (secondary N) is 1. The lowest BCUT2D eigenvalue weighted by Gasteiger charge is -2.26. The van der Waals surface area contributed by atoms with E-state index in [9.17, 15) is 0 Å². The summed E-state index contributed by atoms with van der Waals surface area (Å²) in [6, 6.07) is 6.46. The number of aliphatic hydroxyl groups excluding tert-OH is 1. The molecule has 0 bridgehead atoms. The molecule has 0 aliphatic rings. The van der Waals surface area contributed by atoms with Crippen LogP contribution in [0.2, 0.25) is 5.02 Å². The first-order valence-electron chi connectivity index (χ1n) is 6.96. The van der Waals surface area contributed by atoms with E-state index in [0.717, 1.165) is 31.1 Å². The van der Waals surface area contributed by atoms with E-state index < -0.39 is 0 Å². The zero-order chi connectivity index (χ0) is 14.3. The molecule has 0 atom stereocenters. The molecular weight excluding hydrogens is 260 g/mol. The molecule has 0 saturated heterocycles. The van der Waals surface area contributed by atoms with Crippen LogP contribution in [-0.2, 0) is 6.54 Å². The van der Waals surface area contributed by atoms with E-state index in [1.165, 1.54) is 11.3 Å². The van der Waals surface area contributed by atoms with Gasteiger partial charge < -0.3 is 15.3 Å². The second-order valence-electron chi connectivity index (χ2n) is 4.97. The Kier molecular flexibility index (Phi) is 7.21. The van der Waals surface area contributed by atoms with Crippen LogP contribution in [0.5, 0.6) is 0 Å². The molecule has 2 N–H and O–H groups in total. The predicted octanol–water partition coefficient (Wildman–Crippen LogP) is 3.05. The van der Waals surface area contributed by atoms with E-state index >= 15 is 0 Å². The highest BCUT2D eigenvalue weighted by Crippen LogP contribution is 2.24. The summed E-state index contributed by atoms with van der Waals surface area (Å²) < 4.78 is 0. The fourth-order valence-corrected chi connectivity index (χ4v) is 2.22. The van der Waals surface area contributed by atoms with E-state index in [0.29, 0.717) is 6.04 Å². The molecule has 1 aromatic rings. The fourth-order valence-electron chi connectivity index (χ4n) is 2.03. The highest BCUT2D eigenvalue weighted by molar-refractivity contribution is 6.30. The summed E-state index contributed by atoms with van der Waals surface area (Å²) in [6.45, 7) is 9.22. The molecule has 0 aromatic heterocycles. The van der Waals surface area contributed by atoms with Crippen molar-refractivity contribution in [2.75, 3.05) is 24.6 Å². The van der Waals surface area contributed by atoms with Gasteiger partial charge in [-0.05, 0) is 37.1 Å². The first-order valence-corrected chi connectivity index (χ1v) is 7.33. The Labute approximate surface area is 121 Å². The molecule has 0 saturated carbocycles. The Balaban J connectivity index is 2.89. The van der Waals surface area contributed by atoms with Gasteiger partial charge in [0, 0.05) is 43.0 Å². The number of benzene rings is 1. The van der Waals surface area contributed by atoms with Crippen molar-refractivity contribution in [3.63, 3.8) is 0 Å². The summed E-state index contributed by atoms with van der Waals surface area (Å²) in [6.07, 6.45) is 0.785. The smallest absolute Gasteiger partial charge is 0.0447 e. The molecule has 108 valence electrons. The molecule has 0 radical (unpaired) electrons. The number of hydrogen-bond donors (Lipinski definition) is 2. The van der Waals surface area contributed by atoms with Crippen molar-refractivity contribution in [2.45, 2.75) is 39.8 Å². The summed E-state index contributed by atoms with van der Waals surface area (Å²) in [5.74, 6) is 0. The maximum absolute atomic E-state index is 8.99. The van der Waals surface area contributed by atoms with Gasteiger partial charge >= 0.3 is 0 Å². The molecule has 4 heteroatoms. The second-order valence-corrected chi connectivity index (χ2v) is 5.40. The lowest BCUT2D eigenvalue weighted by molar-refractivity contribution is 0.289. The summed E-state index contributed by atoms with van der Waals surface area (Å²) in [5.41, 5.74) is 2.41. The van der Waals surface area contributed by atoms with Gasteiger partial charge in [0.25, 0.3) is 0 Å². The van der Waals surface area contributed by atoms with Gasteiger partial charge in [-0.15, -0.1) is 0 Å². The molecule has 0 aliphatic heterocycles. The van der Waals surface area contributed by atoms with Crippen molar-refractivity contribution in [2.24, 2.45) is 0 Å². The van der Waals surface area contributed by atoms with Crippen LogP contribution >= 0.6 is 11.6 Å². The Morgan fingerprint density at radius 2 is 2.11 bits per heavy atom. The number of anilines is 1. The van der Waals surface area contributed by atoms with Crippen molar-refractivity contribution >= 4 is 17.3 Å². The summed E-state index contributed by atoms with van der Waals surface area (Å²) >= 11 is 6.10. The Hall–Kier alpha value is -0.770. The first kappa shape index (κ1) is 16.3. The molecule has 0 spiro atoms. The highest BCUT2D eigenvalue weighted by atomic mass is 35.5. The normalized spacial score (nSPS) is 11.1. The number of hydrogen-bond acceptors (Lipinski definition) is 3. The molecule has 0 fully saturated rings. The Morgan fingerprint density at radius 1 is 1.37 bits per heavy atom. The maximum atomic E-state index is 8.99. The van der Waals surface area contributed by atoms with Crippen molar-refractivity contribution in [1.82, 2.24) is 5.32 Å². The third kappa shape index (κ3) is 5.39. The molecule has 3 nitrogen and oxygen atoms in total. The van der Waals surface area contributed by atoms with Crippen molar-refractivity contribution in [3.05, 3.63) is 28.8 Å². The van der Waals surface area contributed by atoms with Crippen LogP contribution in [0, 0.1) is 0 Å². The average Bonchev–Trinajstić information content (AvgIpc) is 2.38. The standard InChI is InChI=1S/C15H25ClN2O/c1-4-18(8-5-9-19)15-7-6-14(16)10-13(15)11-17-12(2)3/h6-7,10,12,17,19H,4-5,8-9,11H2,1-3H3. The third-order valence-electron chi connectivity index (χ3n) is 3.05. The van der Waals surface area contributed by atoms with E-state index in [-0.39, 0.29) is 6.61 Å². The Morgan fingerprint density at radius 3 is 2.68 bits per heavy atom. The van der Waals surface area contributed by atoms with E-state index in [4.69, 9.17) is 16.7 Å². The summed E-state index contributed by atoms with van der Waals surface area (Å²) in [7, 11) is 0. The van der Waals surface area contributed by atoms with E-state index in [1.54, 1.807) is 0 Å². The van der Waals surface area contributed by atoms with Crippen molar-refractivity contribution < 1.29 is 5.11 Å². The van der Waals surface area contributed by atoms with Gasteiger partial charge in [0.2, 0.25) is 0 Å². The Bertz CT molecular complexity index is 382. The van der Waals surface area contributed by atoms with Gasteiger partial charge in [-0.3, -0.25) is 0 Å². The van der Waals surface area contributed by atoms with Gasteiger partial charge in [-0.2, -0.15) is 0 Å². The van der Waals surface area contributed by atoms with Gasteiger partial charge in [-0.25, -0.2) is 0 Å². The third-order valence-corrected chi connectivity index (χ3v) is 3.29. The van der Waals surface area contributed by atoms with Crippen molar-refractivity contribution in [3.8, 4) is 0 Å². The minimum absolute atomic E-state index is 0.226. The van der Waals surface area contributed by atoms with Crippen LogP contribution in [0.3, 0.4) is 0 Å². The monoisotopic (exact) mass is 284 g/mol. The summed E-state index contributed by atoms with van der Waals surface area (Å²) in [5, 5.41) is 13.2. The van der Waals surface area contributed by atoms with Crippen LogP contribution in [0.1, 0.15) is 32.8 Å². The number of nitrogens with zero attached hydrogens (tertiary/aromatic N) is 1. The minimum atomic E-state index is 0.226.